The Labute approximate surface area is 177 Å². The summed E-state index contributed by atoms with van der Waals surface area (Å²) >= 11 is 0. The molecule has 162 valence electrons. The fourth-order valence-corrected chi connectivity index (χ4v) is 3.66. The molecule has 2 aromatic rings. The second kappa shape index (κ2) is 9.78. The molecule has 1 amide bonds. The number of ether oxygens (including phenoxy) is 2. The predicted octanol–water partition coefficient (Wildman–Crippen LogP) is 4.11. The maximum atomic E-state index is 12.4. The van der Waals surface area contributed by atoms with Gasteiger partial charge in [0.15, 0.2) is 6.10 Å². The van der Waals surface area contributed by atoms with Gasteiger partial charge in [0, 0.05) is 6.04 Å². The van der Waals surface area contributed by atoms with Crippen LogP contribution in [0.25, 0.3) is 0 Å². The fourth-order valence-electron chi connectivity index (χ4n) is 3.66. The maximum Gasteiger partial charge on any atom is 0.338 e. The first-order valence-corrected chi connectivity index (χ1v) is 10.5. The van der Waals surface area contributed by atoms with E-state index < -0.39 is 12.1 Å². The lowest BCUT2D eigenvalue weighted by molar-refractivity contribution is -0.130. The van der Waals surface area contributed by atoms with Crippen molar-refractivity contribution in [3.05, 3.63) is 46.8 Å². The molecule has 1 aliphatic rings. The first kappa shape index (κ1) is 21.9. The molecule has 3 atom stereocenters. The average molecular weight is 415 g/mol. The van der Waals surface area contributed by atoms with Crippen molar-refractivity contribution in [2.75, 3.05) is 0 Å². The highest BCUT2D eigenvalue weighted by molar-refractivity contribution is 5.92. The van der Waals surface area contributed by atoms with Crippen LogP contribution in [0.1, 0.15) is 66.9 Å². The lowest BCUT2D eigenvalue weighted by Crippen LogP contribution is -2.45. The number of esters is 1. The van der Waals surface area contributed by atoms with E-state index in [2.05, 4.69) is 17.4 Å². The molecular formula is C23H30N2O5. The van der Waals surface area contributed by atoms with Crippen LogP contribution >= 0.6 is 0 Å². The van der Waals surface area contributed by atoms with Crippen LogP contribution in [-0.4, -0.2) is 29.2 Å². The van der Waals surface area contributed by atoms with E-state index in [4.69, 9.17) is 14.0 Å². The molecule has 0 saturated heterocycles. The van der Waals surface area contributed by atoms with Gasteiger partial charge in [-0.15, -0.1) is 0 Å². The predicted molar refractivity (Wildman–Crippen MR) is 111 cm³/mol. The fraction of sp³-hybridized carbons (Fsp3) is 0.522. The first-order chi connectivity index (χ1) is 14.3. The van der Waals surface area contributed by atoms with Crippen LogP contribution in [0.2, 0.25) is 0 Å². The van der Waals surface area contributed by atoms with Crippen molar-refractivity contribution in [3.63, 3.8) is 0 Å². The Bertz CT molecular complexity index is 855. The van der Waals surface area contributed by atoms with Crippen LogP contribution in [0, 0.1) is 19.8 Å². The molecule has 1 aromatic carbocycles. The first-order valence-electron chi connectivity index (χ1n) is 10.5. The van der Waals surface area contributed by atoms with Gasteiger partial charge in [-0.1, -0.05) is 24.9 Å². The average Bonchev–Trinajstić information content (AvgIpc) is 3.05. The van der Waals surface area contributed by atoms with Gasteiger partial charge in [-0.25, -0.2) is 4.79 Å². The third-order valence-corrected chi connectivity index (χ3v) is 5.75. The monoisotopic (exact) mass is 414 g/mol. The molecule has 0 aliphatic heterocycles. The molecule has 1 aliphatic carbocycles. The van der Waals surface area contributed by atoms with Crippen molar-refractivity contribution in [1.82, 2.24) is 10.5 Å². The third kappa shape index (κ3) is 5.40. The van der Waals surface area contributed by atoms with Gasteiger partial charge in [0.25, 0.3) is 5.91 Å². The van der Waals surface area contributed by atoms with Gasteiger partial charge in [0.2, 0.25) is 0 Å². The van der Waals surface area contributed by atoms with Gasteiger partial charge in [-0.05, 0) is 63.8 Å². The smallest absolute Gasteiger partial charge is 0.338 e. The topological polar surface area (TPSA) is 90.7 Å². The van der Waals surface area contributed by atoms with Gasteiger partial charge in [-0.3, -0.25) is 4.79 Å². The Hall–Kier alpha value is -2.83. The van der Waals surface area contributed by atoms with Crippen LogP contribution in [0.3, 0.4) is 0 Å². The number of hydrogen-bond donors (Lipinski definition) is 1. The van der Waals surface area contributed by atoms with Crippen molar-refractivity contribution < 1.29 is 23.6 Å². The number of nitrogens with zero attached hydrogens (tertiary/aromatic N) is 1. The normalized spacial score (nSPS) is 19.7. The van der Waals surface area contributed by atoms with Crippen molar-refractivity contribution in [2.45, 2.75) is 72.1 Å². The molecule has 7 nitrogen and oxygen atoms in total. The van der Waals surface area contributed by atoms with Crippen LogP contribution in [-0.2, 0) is 16.1 Å². The lowest BCUT2D eigenvalue weighted by Gasteiger charge is -2.30. The Kier molecular flexibility index (Phi) is 7.13. The molecule has 0 bridgehead atoms. The standard InChI is InChI=1S/C23H30N2O5/c1-14-7-5-6-8-21(14)24-22(26)17(4)29-23(27)18-9-11-19(12-10-18)28-13-20-15(2)25-30-16(20)3/h9-12,14,17,21H,5-8,13H2,1-4H3,(H,24,26)/t14-,17-,21-/m0/s1. The summed E-state index contributed by atoms with van der Waals surface area (Å²) in [5.41, 5.74) is 2.07. The molecular weight excluding hydrogens is 384 g/mol. The molecule has 1 fully saturated rings. The maximum absolute atomic E-state index is 12.4. The second-order valence-electron chi connectivity index (χ2n) is 8.04. The van der Waals surface area contributed by atoms with E-state index in [9.17, 15) is 9.59 Å². The molecule has 0 unspecified atom stereocenters. The zero-order valence-corrected chi connectivity index (χ0v) is 18.1. The highest BCUT2D eigenvalue weighted by Gasteiger charge is 2.26. The Morgan fingerprint density at radius 3 is 2.53 bits per heavy atom. The quantitative estimate of drug-likeness (QED) is 0.686. The Morgan fingerprint density at radius 2 is 1.90 bits per heavy atom. The number of aryl methyl sites for hydroxylation is 2. The lowest BCUT2D eigenvalue weighted by atomic mass is 9.86. The molecule has 1 aromatic heterocycles. The molecule has 1 heterocycles. The highest BCUT2D eigenvalue weighted by atomic mass is 16.5. The van der Waals surface area contributed by atoms with E-state index in [1.165, 1.54) is 6.42 Å². The summed E-state index contributed by atoms with van der Waals surface area (Å²) in [7, 11) is 0. The van der Waals surface area contributed by atoms with Crippen molar-refractivity contribution in [3.8, 4) is 5.75 Å². The van der Waals surface area contributed by atoms with Crippen LogP contribution < -0.4 is 10.1 Å². The van der Waals surface area contributed by atoms with Crippen LogP contribution in [0.5, 0.6) is 5.75 Å². The molecule has 3 rings (SSSR count). The SMILES string of the molecule is Cc1noc(C)c1COc1ccc(C(=O)O[C@@H](C)C(=O)N[C@H]2CCCC[C@@H]2C)cc1. The molecule has 0 spiro atoms. The van der Waals surface area contributed by atoms with Gasteiger partial charge < -0.3 is 19.3 Å². The Morgan fingerprint density at radius 1 is 1.20 bits per heavy atom. The zero-order chi connectivity index (χ0) is 21.7. The summed E-state index contributed by atoms with van der Waals surface area (Å²) in [6.07, 6.45) is 3.57. The number of carbonyl (C=O) groups is 2. The number of amides is 1. The number of hydrogen-bond acceptors (Lipinski definition) is 6. The second-order valence-corrected chi connectivity index (χ2v) is 8.04. The van der Waals surface area contributed by atoms with Crippen molar-refractivity contribution in [1.29, 1.82) is 0 Å². The Balaban J connectivity index is 1.50. The number of benzene rings is 1. The largest absolute Gasteiger partial charge is 0.489 e. The summed E-state index contributed by atoms with van der Waals surface area (Å²) in [4.78, 5) is 24.8. The van der Waals surface area contributed by atoms with Crippen LogP contribution in [0.4, 0.5) is 0 Å². The summed E-state index contributed by atoms with van der Waals surface area (Å²) in [5, 5.41) is 6.92. The van der Waals surface area contributed by atoms with E-state index >= 15 is 0 Å². The summed E-state index contributed by atoms with van der Waals surface area (Å²) in [6.45, 7) is 7.78. The van der Waals surface area contributed by atoms with E-state index in [-0.39, 0.29) is 11.9 Å². The number of nitrogens with one attached hydrogen (secondary N) is 1. The van der Waals surface area contributed by atoms with E-state index in [1.807, 2.05) is 13.8 Å². The molecule has 30 heavy (non-hydrogen) atoms. The van der Waals surface area contributed by atoms with E-state index in [1.54, 1.807) is 31.2 Å². The van der Waals surface area contributed by atoms with E-state index in [0.717, 1.165) is 36.3 Å². The molecule has 1 saturated carbocycles. The van der Waals surface area contributed by atoms with Gasteiger partial charge in [0.05, 0.1) is 16.8 Å². The minimum Gasteiger partial charge on any atom is -0.489 e. The van der Waals surface area contributed by atoms with Crippen molar-refractivity contribution >= 4 is 11.9 Å². The van der Waals surface area contributed by atoms with Crippen LogP contribution in [0.15, 0.2) is 28.8 Å². The summed E-state index contributed by atoms with van der Waals surface area (Å²) < 4.78 is 16.2. The zero-order valence-electron chi connectivity index (χ0n) is 18.1. The highest BCUT2D eigenvalue weighted by Crippen LogP contribution is 2.24. The number of rotatable bonds is 7. The number of aromatic nitrogens is 1. The minimum absolute atomic E-state index is 0.154. The van der Waals surface area contributed by atoms with E-state index in [0.29, 0.717) is 23.8 Å². The third-order valence-electron chi connectivity index (χ3n) is 5.75. The minimum atomic E-state index is -0.845. The van der Waals surface area contributed by atoms with Crippen molar-refractivity contribution in [2.24, 2.45) is 5.92 Å². The summed E-state index contributed by atoms with van der Waals surface area (Å²) in [5.74, 6) is 1.00. The summed E-state index contributed by atoms with van der Waals surface area (Å²) in [6, 6.07) is 6.80. The number of carbonyl (C=O) groups excluding carboxylic acids is 2. The molecule has 0 radical (unpaired) electrons. The van der Waals surface area contributed by atoms with Gasteiger partial charge >= 0.3 is 5.97 Å². The molecule has 1 N–H and O–H groups in total. The van der Waals surface area contributed by atoms with Gasteiger partial charge in [-0.2, -0.15) is 0 Å². The molecule has 7 heteroatoms. The van der Waals surface area contributed by atoms with Gasteiger partial charge in [0.1, 0.15) is 18.1 Å².